The summed E-state index contributed by atoms with van der Waals surface area (Å²) in [5, 5.41) is 17.1. The van der Waals surface area contributed by atoms with Gasteiger partial charge >= 0.3 is 0 Å². The molecule has 0 radical (unpaired) electrons. The van der Waals surface area contributed by atoms with Gasteiger partial charge in [-0.2, -0.15) is 5.10 Å². The summed E-state index contributed by atoms with van der Waals surface area (Å²) in [5.41, 5.74) is 5.55. The molecule has 0 fully saturated rings. The molecule has 4 rings (SSSR count). The van der Waals surface area contributed by atoms with Crippen molar-refractivity contribution in [3.8, 4) is 22.8 Å². The molecule has 0 saturated heterocycles. The topological polar surface area (TPSA) is 94.3 Å². The predicted octanol–water partition coefficient (Wildman–Crippen LogP) is 3.63. The standard InChI is InChI=1S/C26H31N5O3/c1-27-8-9-31-17-20(15-29-31)26-16-28-24-7-6-18(13-25(24)30-26)23(5-4-10-32)19-11-21(33-2)14-22(12-19)34-3/h6-7,11-17,23,27,32H,4-5,8-10H2,1-3H3. The highest BCUT2D eigenvalue weighted by Crippen LogP contribution is 2.35. The molecule has 4 aromatic rings. The van der Waals surface area contributed by atoms with Crippen molar-refractivity contribution in [1.29, 1.82) is 0 Å². The summed E-state index contributed by atoms with van der Waals surface area (Å²) in [4.78, 5) is 9.52. The van der Waals surface area contributed by atoms with Gasteiger partial charge in [-0.15, -0.1) is 0 Å². The number of aliphatic hydroxyl groups is 1. The number of likely N-dealkylation sites (N-methyl/N-ethyl adjacent to an activating group) is 1. The Morgan fingerprint density at radius 1 is 1.00 bits per heavy atom. The monoisotopic (exact) mass is 461 g/mol. The Bertz CT molecular complexity index is 1220. The molecule has 2 N–H and O–H groups in total. The van der Waals surface area contributed by atoms with E-state index in [0.29, 0.717) is 6.42 Å². The predicted molar refractivity (Wildman–Crippen MR) is 132 cm³/mol. The molecule has 1 unspecified atom stereocenters. The Hall–Kier alpha value is -3.49. The Morgan fingerprint density at radius 3 is 2.50 bits per heavy atom. The minimum atomic E-state index is 0.0512. The van der Waals surface area contributed by atoms with E-state index in [2.05, 4.69) is 27.5 Å². The quantitative estimate of drug-likeness (QED) is 0.352. The van der Waals surface area contributed by atoms with Gasteiger partial charge in [0.1, 0.15) is 11.5 Å². The van der Waals surface area contributed by atoms with Gasteiger partial charge in [0.15, 0.2) is 0 Å². The largest absolute Gasteiger partial charge is 0.497 e. The van der Waals surface area contributed by atoms with E-state index in [0.717, 1.165) is 64.4 Å². The van der Waals surface area contributed by atoms with Gasteiger partial charge in [-0.05, 0) is 55.3 Å². The molecule has 0 aliphatic carbocycles. The molecular weight excluding hydrogens is 430 g/mol. The summed E-state index contributed by atoms with van der Waals surface area (Å²) >= 11 is 0. The minimum Gasteiger partial charge on any atom is -0.497 e. The number of ether oxygens (including phenoxy) is 2. The highest BCUT2D eigenvalue weighted by atomic mass is 16.5. The molecule has 0 aliphatic rings. The van der Waals surface area contributed by atoms with E-state index in [1.807, 2.05) is 48.4 Å². The van der Waals surface area contributed by atoms with Gasteiger partial charge in [-0.1, -0.05) is 6.07 Å². The van der Waals surface area contributed by atoms with Gasteiger partial charge in [0, 0.05) is 36.9 Å². The summed E-state index contributed by atoms with van der Waals surface area (Å²) in [6.07, 6.45) is 7.06. The molecule has 0 saturated carbocycles. The molecule has 0 aliphatic heterocycles. The zero-order chi connectivity index (χ0) is 23.9. The first-order chi connectivity index (χ1) is 16.6. The molecule has 2 aromatic carbocycles. The van der Waals surface area contributed by atoms with Gasteiger partial charge in [-0.25, -0.2) is 4.98 Å². The van der Waals surface area contributed by atoms with Crippen LogP contribution < -0.4 is 14.8 Å². The van der Waals surface area contributed by atoms with Crippen molar-refractivity contribution < 1.29 is 14.6 Å². The van der Waals surface area contributed by atoms with Crippen LogP contribution in [-0.4, -0.2) is 59.3 Å². The molecule has 0 bridgehead atoms. The van der Waals surface area contributed by atoms with E-state index in [1.165, 1.54) is 0 Å². The Morgan fingerprint density at radius 2 is 1.79 bits per heavy atom. The van der Waals surface area contributed by atoms with Crippen LogP contribution in [0, 0.1) is 0 Å². The van der Waals surface area contributed by atoms with Gasteiger partial charge in [0.05, 0.1) is 49.9 Å². The summed E-state index contributed by atoms with van der Waals surface area (Å²) in [6.45, 7) is 1.77. The van der Waals surface area contributed by atoms with Crippen molar-refractivity contribution in [2.45, 2.75) is 25.3 Å². The number of aliphatic hydroxyl groups excluding tert-OH is 1. The van der Waals surface area contributed by atoms with Gasteiger partial charge in [0.25, 0.3) is 0 Å². The zero-order valence-corrected chi connectivity index (χ0v) is 19.9. The SMILES string of the molecule is CNCCn1cc(-c2cnc3ccc(C(CCCO)c4cc(OC)cc(OC)c4)cc3n2)cn1. The van der Waals surface area contributed by atoms with Crippen LogP contribution in [0.3, 0.4) is 0 Å². The second kappa shape index (κ2) is 11.1. The van der Waals surface area contributed by atoms with Gasteiger partial charge in [-0.3, -0.25) is 9.67 Å². The molecule has 2 aromatic heterocycles. The fourth-order valence-electron chi connectivity index (χ4n) is 4.08. The average Bonchev–Trinajstić information content (AvgIpc) is 3.36. The lowest BCUT2D eigenvalue weighted by molar-refractivity contribution is 0.282. The number of methoxy groups -OCH3 is 2. The molecule has 8 nitrogen and oxygen atoms in total. The number of hydrogen-bond acceptors (Lipinski definition) is 7. The third-order valence-corrected chi connectivity index (χ3v) is 5.92. The summed E-state index contributed by atoms with van der Waals surface area (Å²) in [5.74, 6) is 1.53. The Kier molecular flexibility index (Phi) is 7.72. The van der Waals surface area contributed by atoms with Crippen LogP contribution in [0.25, 0.3) is 22.3 Å². The van der Waals surface area contributed by atoms with Gasteiger partial charge < -0.3 is 19.9 Å². The van der Waals surface area contributed by atoms with Gasteiger partial charge in [0.2, 0.25) is 0 Å². The highest BCUT2D eigenvalue weighted by Gasteiger charge is 2.18. The average molecular weight is 462 g/mol. The molecule has 1 atom stereocenters. The van der Waals surface area contributed by atoms with Crippen LogP contribution in [0.15, 0.2) is 55.0 Å². The van der Waals surface area contributed by atoms with Crippen LogP contribution in [0.2, 0.25) is 0 Å². The molecule has 34 heavy (non-hydrogen) atoms. The number of benzene rings is 2. The number of nitrogens with zero attached hydrogens (tertiary/aromatic N) is 4. The van der Waals surface area contributed by atoms with Crippen molar-refractivity contribution >= 4 is 11.0 Å². The van der Waals surface area contributed by atoms with Crippen molar-refractivity contribution in [3.05, 3.63) is 66.1 Å². The third kappa shape index (κ3) is 5.35. The van der Waals surface area contributed by atoms with Crippen LogP contribution in [0.5, 0.6) is 11.5 Å². The maximum absolute atomic E-state index is 9.52. The number of hydrogen-bond donors (Lipinski definition) is 2. The molecule has 0 amide bonds. The van der Waals surface area contributed by atoms with Crippen LogP contribution >= 0.6 is 0 Å². The smallest absolute Gasteiger partial charge is 0.122 e. The second-order valence-corrected chi connectivity index (χ2v) is 8.16. The first-order valence-electron chi connectivity index (χ1n) is 11.4. The van der Waals surface area contributed by atoms with Crippen molar-refractivity contribution in [2.75, 3.05) is 34.4 Å². The summed E-state index contributed by atoms with van der Waals surface area (Å²) in [6, 6.07) is 12.1. The van der Waals surface area contributed by atoms with Crippen LogP contribution in [0.4, 0.5) is 0 Å². The fourth-order valence-corrected chi connectivity index (χ4v) is 4.08. The van der Waals surface area contributed by atoms with E-state index in [1.54, 1.807) is 20.4 Å². The van der Waals surface area contributed by atoms with E-state index < -0.39 is 0 Å². The lowest BCUT2D eigenvalue weighted by atomic mass is 9.87. The fraction of sp³-hybridized carbons (Fsp3) is 0.346. The number of aromatic nitrogens is 4. The van der Waals surface area contributed by atoms with E-state index in [4.69, 9.17) is 14.5 Å². The zero-order valence-electron chi connectivity index (χ0n) is 19.9. The number of nitrogens with one attached hydrogen (secondary N) is 1. The lowest BCUT2D eigenvalue weighted by Gasteiger charge is -2.20. The van der Waals surface area contributed by atoms with Crippen molar-refractivity contribution in [2.24, 2.45) is 0 Å². The molecule has 0 spiro atoms. The first-order valence-corrected chi connectivity index (χ1v) is 11.4. The Balaban J connectivity index is 1.71. The van der Waals surface area contributed by atoms with E-state index in [-0.39, 0.29) is 12.5 Å². The maximum Gasteiger partial charge on any atom is 0.122 e. The number of fused-ring (bicyclic) bond motifs is 1. The normalized spacial score (nSPS) is 12.1. The first kappa shape index (κ1) is 23.7. The highest BCUT2D eigenvalue weighted by molar-refractivity contribution is 5.78. The molecule has 2 heterocycles. The molecule has 178 valence electrons. The lowest BCUT2D eigenvalue weighted by Crippen LogP contribution is -2.14. The minimum absolute atomic E-state index is 0.0512. The summed E-state index contributed by atoms with van der Waals surface area (Å²) in [7, 11) is 5.22. The van der Waals surface area contributed by atoms with Crippen molar-refractivity contribution in [3.63, 3.8) is 0 Å². The molecular formula is C26H31N5O3. The molecule has 8 heteroatoms. The third-order valence-electron chi connectivity index (χ3n) is 5.92. The van der Waals surface area contributed by atoms with E-state index >= 15 is 0 Å². The van der Waals surface area contributed by atoms with Crippen molar-refractivity contribution in [1.82, 2.24) is 25.1 Å². The van der Waals surface area contributed by atoms with Crippen LogP contribution in [0.1, 0.15) is 29.9 Å². The second-order valence-electron chi connectivity index (χ2n) is 8.16. The Labute approximate surface area is 199 Å². The van der Waals surface area contributed by atoms with Crippen LogP contribution in [-0.2, 0) is 6.54 Å². The summed E-state index contributed by atoms with van der Waals surface area (Å²) < 4.78 is 12.9. The maximum atomic E-state index is 9.52. The number of rotatable bonds is 11. The van der Waals surface area contributed by atoms with E-state index in [9.17, 15) is 5.11 Å².